The van der Waals surface area contributed by atoms with Gasteiger partial charge in [-0.1, -0.05) is 24.3 Å². The molecule has 2 bridgehead atoms. The Morgan fingerprint density at radius 1 is 1.08 bits per heavy atom. The highest BCUT2D eigenvalue weighted by atomic mass is 16.5. The molecule has 0 aromatic heterocycles. The van der Waals surface area contributed by atoms with E-state index in [0.717, 1.165) is 19.6 Å². The number of carbonyl (C=O) groups is 1. The summed E-state index contributed by atoms with van der Waals surface area (Å²) in [5.41, 5.74) is 3.04. The van der Waals surface area contributed by atoms with Crippen molar-refractivity contribution in [3.8, 4) is 0 Å². The van der Waals surface area contributed by atoms with Gasteiger partial charge in [-0.25, -0.2) is 0 Å². The monoisotopic (exact) mass is 328 g/mol. The van der Waals surface area contributed by atoms with Crippen molar-refractivity contribution >= 4 is 5.91 Å². The van der Waals surface area contributed by atoms with Crippen LogP contribution in [0.2, 0.25) is 0 Å². The highest BCUT2D eigenvalue weighted by Crippen LogP contribution is 2.33. The molecule has 0 spiro atoms. The van der Waals surface area contributed by atoms with Crippen LogP contribution in [0.3, 0.4) is 0 Å². The fourth-order valence-corrected chi connectivity index (χ4v) is 4.85. The summed E-state index contributed by atoms with van der Waals surface area (Å²) in [4.78, 5) is 17.4. The van der Waals surface area contributed by atoms with E-state index in [2.05, 4.69) is 34.1 Å². The zero-order chi connectivity index (χ0) is 16.5. The van der Waals surface area contributed by atoms with Crippen LogP contribution < -0.4 is 0 Å². The van der Waals surface area contributed by atoms with Crippen LogP contribution in [0.15, 0.2) is 24.3 Å². The first-order valence-corrected chi connectivity index (χ1v) is 9.34. The molecule has 1 amide bonds. The molecule has 4 aliphatic rings. The maximum Gasteiger partial charge on any atom is 0.225 e. The molecule has 3 fully saturated rings. The lowest BCUT2D eigenvalue weighted by atomic mass is 9.94. The third-order valence-corrected chi connectivity index (χ3v) is 6.13. The predicted molar refractivity (Wildman–Crippen MR) is 93.9 cm³/mol. The molecule has 3 aliphatic heterocycles. The van der Waals surface area contributed by atoms with Gasteiger partial charge in [0, 0.05) is 38.8 Å². The summed E-state index contributed by atoms with van der Waals surface area (Å²) in [6.07, 6.45) is 5.31. The fourth-order valence-electron chi connectivity index (χ4n) is 4.85. The minimum Gasteiger partial charge on any atom is -0.384 e. The number of methoxy groups -OCH3 is 1. The summed E-state index contributed by atoms with van der Waals surface area (Å²) < 4.78 is 5.09. The molecule has 2 atom stereocenters. The summed E-state index contributed by atoms with van der Waals surface area (Å²) in [5.74, 6) is 0.919. The van der Waals surface area contributed by atoms with Crippen LogP contribution in [-0.4, -0.2) is 61.1 Å². The van der Waals surface area contributed by atoms with Gasteiger partial charge in [0.05, 0.1) is 13.0 Å². The zero-order valence-electron chi connectivity index (χ0n) is 14.6. The number of rotatable bonds is 4. The van der Waals surface area contributed by atoms with Crippen molar-refractivity contribution in [1.29, 1.82) is 0 Å². The first-order chi connectivity index (χ1) is 11.7. The maximum absolute atomic E-state index is 12.5. The van der Waals surface area contributed by atoms with E-state index in [1.54, 1.807) is 7.11 Å². The standard InChI is InChI=1S/C20H28N2O2/c1-24-9-8-20(23)22-13-15-6-7-18(22)14-21(12-15)19-10-16-4-2-3-5-17(16)11-19/h2-5,15,18-19H,6-14H2,1H3/t15-,18+/m1/s1. The number of fused-ring (bicyclic) bond motifs is 5. The number of amides is 1. The van der Waals surface area contributed by atoms with Crippen LogP contribution in [0.25, 0.3) is 0 Å². The molecular formula is C20H28N2O2. The molecule has 0 N–H and O–H groups in total. The van der Waals surface area contributed by atoms with E-state index < -0.39 is 0 Å². The molecule has 4 heteroatoms. The third kappa shape index (κ3) is 3.09. The first kappa shape index (κ1) is 16.1. The molecule has 130 valence electrons. The van der Waals surface area contributed by atoms with Crippen LogP contribution >= 0.6 is 0 Å². The molecule has 1 aliphatic carbocycles. The molecule has 0 unspecified atom stereocenters. The van der Waals surface area contributed by atoms with E-state index in [1.807, 2.05) is 0 Å². The van der Waals surface area contributed by atoms with Crippen molar-refractivity contribution in [1.82, 2.24) is 9.80 Å². The van der Waals surface area contributed by atoms with Gasteiger partial charge in [0.15, 0.2) is 0 Å². The van der Waals surface area contributed by atoms with Gasteiger partial charge in [0.2, 0.25) is 5.91 Å². The third-order valence-electron chi connectivity index (χ3n) is 6.13. The van der Waals surface area contributed by atoms with Gasteiger partial charge in [0.1, 0.15) is 0 Å². The lowest BCUT2D eigenvalue weighted by Crippen LogP contribution is -2.48. The highest BCUT2D eigenvalue weighted by molar-refractivity contribution is 5.76. The van der Waals surface area contributed by atoms with E-state index in [-0.39, 0.29) is 5.91 Å². The second-order valence-electron chi connectivity index (χ2n) is 7.67. The smallest absolute Gasteiger partial charge is 0.225 e. The van der Waals surface area contributed by atoms with Crippen molar-refractivity contribution < 1.29 is 9.53 Å². The summed E-state index contributed by atoms with van der Waals surface area (Å²) >= 11 is 0. The second kappa shape index (κ2) is 6.85. The summed E-state index contributed by atoms with van der Waals surface area (Å²) in [7, 11) is 1.67. The lowest BCUT2D eigenvalue weighted by molar-refractivity contribution is -0.136. The Kier molecular flexibility index (Phi) is 4.59. The van der Waals surface area contributed by atoms with E-state index >= 15 is 0 Å². The van der Waals surface area contributed by atoms with Gasteiger partial charge in [-0.15, -0.1) is 0 Å². The Morgan fingerprint density at radius 2 is 1.83 bits per heavy atom. The van der Waals surface area contributed by atoms with Crippen LogP contribution in [0.4, 0.5) is 0 Å². The number of nitrogens with zero attached hydrogens (tertiary/aromatic N) is 2. The second-order valence-corrected chi connectivity index (χ2v) is 7.67. The van der Waals surface area contributed by atoms with Gasteiger partial charge < -0.3 is 9.64 Å². The lowest BCUT2D eigenvalue weighted by Gasteiger charge is -2.36. The Hall–Kier alpha value is -1.39. The number of carbonyl (C=O) groups excluding carboxylic acids is 1. The molecule has 1 aromatic carbocycles. The van der Waals surface area contributed by atoms with Crippen LogP contribution in [0.1, 0.15) is 30.4 Å². The largest absolute Gasteiger partial charge is 0.384 e. The summed E-state index contributed by atoms with van der Waals surface area (Å²) in [6, 6.07) is 9.90. The van der Waals surface area contributed by atoms with E-state index in [1.165, 1.54) is 36.8 Å². The molecule has 24 heavy (non-hydrogen) atoms. The molecule has 3 heterocycles. The van der Waals surface area contributed by atoms with Crippen molar-refractivity contribution in [2.24, 2.45) is 5.92 Å². The molecular weight excluding hydrogens is 300 g/mol. The average molecular weight is 328 g/mol. The minimum absolute atomic E-state index is 0.281. The number of hydrogen-bond donors (Lipinski definition) is 0. The molecule has 3 saturated heterocycles. The molecule has 0 radical (unpaired) electrons. The summed E-state index contributed by atoms with van der Waals surface area (Å²) in [6.45, 7) is 3.69. The van der Waals surface area contributed by atoms with E-state index in [9.17, 15) is 4.79 Å². The van der Waals surface area contributed by atoms with Crippen molar-refractivity contribution in [2.75, 3.05) is 33.4 Å². The molecule has 4 nitrogen and oxygen atoms in total. The van der Waals surface area contributed by atoms with E-state index in [0.29, 0.717) is 31.0 Å². The topological polar surface area (TPSA) is 32.8 Å². The van der Waals surface area contributed by atoms with Gasteiger partial charge in [-0.2, -0.15) is 0 Å². The quantitative estimate of drug-likeness (QED) is 0.849. The Morgan fingerprint density at radius 3 is 2.54 bits per heavy atom. The Balaban J connectivity index is 1.44. The minimum atomic E-state index is 0.281. The van der Waals surface area contributed by atoms with E-state index in [4.69, 9.17) is 4.74 Å². The zero-order valence-corrected chi connectivity index (χ0v) is 14.6. The molecule has 1 aromatic rings. The van der Waals surface area contributed by atoms with Gasteiger partial charge in [0.25, 0.3) is 0 Å². The average Bonchev–Trinajstić information content (AvgIpc) is 2.82. The van der Waals surface area contributed by atoms with Crippen molar-refractivity contribution in [2.45, 2.75) is 44.2 Å². The number of piperidine rings is 1. The predicted octanol–water partition coefficient (Wildman–Crippen LogP) is 2.11. The van der Waals surface area contributed by atoms with Crippen LogP contribution in [0.5, 0.6) is 0 Å². The number of ether oxygens (including phenoxy) is 1. The van der Waals surface area contributed by atoms with Gasteiger partial charge in [-0.3, -0.25) is 9.69 Å². The van der Waals surface area contributed by atoms with Crippen LogP contribution in [0, 0.1) is 5.92 Å². The molecule has 5 rings (SSSR count). The van der Waals surface area contributed by atoms with Gasteiger partial charge in [-0.05, 0) is 42.7 Å². The maximum atomic E-state index is 12.5. The number of hydrogen-bond acceptors (Lipinski definition) is 3. The van der Waals surface area contributed by atoms with Crippen molar-refractivity contribution in [3.05, 3.63) is 35.4 Å². The number of benzene rings is 1. The molecule has 0 saturated carbocycles. The highest BCUT2D eigenvalue weighted by Gasteiger charge is 2.39. The first-order valence-electron chi connectivity index (χ1n) is 9.34. The fraction of sp³-hybridized carbons (Fsp3) is 0.650. The Bertz CT molecular complexity index is 578. The van der Waals surface area contributed by atoms with Gasteiger partial charge >= 0.3 is 0 Å². The Labute approximate surface area is 144 Å². The summed E-state index contributed by atoms with van der Waals surface area (Å²) in [5, 5.41) is 0. The van der Waals surface area contributed by atoms with Crippen LogP contribution in [-0.2, 0) is 22.4 Å². The SMILES string of the molecule is COCCC(=O)N1C[C@@H]2CC[C@H]1CN(C1Cc3ccccc3C1)C2. The normalized spacial score (nSPS) is 27.3. The van der Waals surface area contributed by atoms with Crippen molar-refractivity contribution in [3.63, 3.8) is 0 Å².